The van der Waals surface area contributed by atoms with E-state index in [9.17, 15) is 9.59 Å². The van der Waals surface area contributed by atoms with E-state index < -0.39 is 12.1 Å². The van der Waals surface area contributed by atoms with Crippen molar-refractivity contribution in [2.75, 3.05) is 18.4 Å². The summed E-state index contributed by atoms with van der Waals surface area (Å²) >= 11 is 0. The lowest BCUT2D eigenvalue weighted by Crippen LogP contribution is -2.39. The zero-order chi connectivity index (χ0) is 18.7. The minimum absolute atomic E-state index is 0.0620. The quantitative estimate of drug-likeness (QED) is 0.638. The van der Waals surface area contributed by atoms with Gasteiger partial charge in [0.1, 0.15) is 12.1 Å². The maximum Gasteiger partial charge on any atom is 0.244 e. The van der Waals surface area contributed by atoms with Crippen LogP contribution < -0.4 is 21.3 Å². The van der Waals surface area contributed by atoms with Crippen molar-refractivity contribution in [2.24, 2.45) is 4.99 Å². The van der Waals surface area contributed by atoms with E-state index in [1.807, 2.05) is 44.2 Å². The minimum atomic E-state index is -0.501. The summed E-state index contributed by atoms with van der Waals surface area (Å²) in [7, 11) is 0. The van der Waals surface area contributed by atoms with E-state index in [4.69, 9.17) is 0 Å². The Bertz CT molecular complexity index is 631. The first-order chi connectivity index (χ1) is 12.0. The van der Waals surface area contributed by atoms with E-state index in [0.717, 1.165) is 18.5 Å². The number of amides is 2. The molecule has 6 heteroatoms. The molecule has 0 aliphatic carbocycles. The number of hydrogen-bond acceptors (Lipinski definition) is 4. The molecule has 25 heavy (non-hydrogen) atoms. The second-order valence-corrected chi connectivity index (χ2v) is 5.96. The van der Waals surface area contributed by atoms with Gasteiger partial charge in [-0.05, 0) is 38.8 Å². The number of carbonyl (C=O) groups excluding carboxylic acids is 2. The summed E-state index contributed by atoms with van der Waals surface area (Å²) in [4.78, 5) is 28.7. The topological polar surface area (TPSA) is 82.6 Å². The molecule has 3 N–H and O–H groups in total. The molecular weight excluding hydrogens is 316 g/mol. The molecule has 2 atom stereocenters. The fourth-order valence-corrected chi connectivity index (χ4v) is 2.14. The molecule has 0 spiro atoms. The zero-order valence-corrected chi connectivity index (χ0v) is 15.6. The van der Waals surface area contributed by atoms with E-state index in [2.05, 4.69) is 20.9 Å². The van der Waals surface area contributed by atoms with Crippen molar-refractivity contribution in [2.45, 2.75) is 52.6 Å². The maximum absolute atomic E-state index is 12.1. The lowest BCUT2D eigenvalue weighted by Gasteiger charge is -2.15. The fourth-order valence-electron chi connectivity index (χ4n) is 2.14. The maximum atomic E-state index is 12.1. The Hall–Kier alpha value is -2.37. The molecule has 0 radical (unpaired) electrons. The Balaban J connectivity index is 2.98. The molecule has 1 aromatic rings. The van der Waals surface area contributed by atoms with Crippen molar-refractivity contribution in [3.63, 3.8) is 0 Å². The number of nitrogens with one attached hydrogen (secondary N) is 3. The van der Waals surface area contributed by atoms with Gasteiger partial charge in [-0.3, -0.25) is 14.6 Å². The molecule has 0 bridgehead atoms. The molecule has 1 rings (SSSR count). The van der Waals surface area contributed by atoms with E-state index in [0.29, 0.717) is 18.4 Å². The number of anilines is 1. The van der Waals surface area contributed by atoms with Crippen molar-refractivity contribution in [1.29, 1.82) is 0 Å². The van der Waals surface area contributed by atoms with Gasteiger partial charge >= 0.3 is 0 Å². The summed E-state index contributed by atoms with van der Waals surface area (Å²) in [5.74, 6) is -0.166. The van der Waals surface area contributed by atoms with Gasteiger partial charge in [-0.2, -0.15) is 0 Å². The van der Waals surface area contributed by atoms with Crippen LogP contribution in [0.2, 0.25) is 0 Å². The summed E-state index contributed by atoms with van der Waals surface area (Å²) in [6, 6.07) is 8.42. The highest BCUT2D eigenvalue weighted by atomic mass is 16.2. The largest absolute Gasteiger partial charge is 0.372 e. The Kier molecular flexibility index (Phi) is 9.29. The standard InChI is InChI=1S/C19H30N4O2/c1-5-12-20-18(24)14(3)22-16-10-8-7-9-11-17(16)23-15(4)19(25)21-13-6-2/h7-11,14-15H,5-6,12-13H2,1-4H3,(H,20,24)(H,21,25)(H,22,23)/t14-,15-/m0/s1. The minimum Gasteiger partial charge on any atom is -0.372 e. The summed E-state index contributed by atoms with van der Waals surface area (Å²) in [5, 5.41) is 9.55. The van der Waals surface area contributed by atoms with Gasteiger partial charge in [-0.25, -0.2) is 0 Å². The second-order valence-electron chi connectivity index (χ2n) is 5.96. The van der Waals surface area contributed by atoms with Crippen LogP contribution in [0.5, 0.6) is 0 Å². The van der Waals surface area contributed by atoms with Crippen LogP contribution in [0.25, 0.3) is 0 Å². The highest BCUT2D eigenvalue weighted by molar-refractivity contribution is 5.84. The lowest BCUT2D eigenvalue weighted by molar-refractivity contribution is -0.122. The SMILES string of the molecule is CCCNC(=O)[C@H](C)N=c1cccccc1N[C@@H](C)C(=O)NCCC. The zero-order valence-electron chi connectivity index (χ0n) is 15.6. The summed E-state index contributed by atoms with van der Waals surface area (Å²) < 4.78 is 0. The molecule has 0 fully saturated rings. The predicted molar refractivity (Wildman–Crippen MR) is 101 cm³/mol. The molecule has 0 aromatic heterocycles. The van der Waals surface area contributed by atoms with Gasteiger partial charge in [0.05, 0.1) is 11.0 Å². The Morgan fingerprint density at radius 1 is 0.960 bits per heavy atom. The van der Waals surface area contributed by atoms with Gasteiger partial charge in [0.2, 0.25) is 11.8 Å². The number of rotatable bonds is 9. The van der Waals surface area contributed by atoms with Crippen LogP contribution in [0.15, 0.2) is 35.3 Å². The molecule has 6 nitrogen and oxygen atoms in total. The van der Waals surface area contributed by atoms with Crippen molar-refractivity contribution in [3.05, 3.63) is 35.7 Å². The van der Waals surface area contributed by atoms with E-state index in [-0.39, 0.29) is 11.8 Å². The van der Waals surface area contributed by atoms with Gasteiger partial charge in [0.25, 0.3) is 0 Å². The van der Waals surface area contributed by atoms with Crippen LogP contribution in [-0.4, -0.2) is 37.0 Å². The van der Waals surface area contributed by atoms with Gasteiger partial charge in [0, 0.05) is 13.1 Å². The fraction of sp³-hybridized carbons (Fsp3) is 0.526. The van der Waals surface area contributed by atoms with Crippen LogP contribution >= 0.6 is 0 Å². The molecule has 0 saturated carbocycles. The first-order valence-corrected chi connectivity index (χ1v) is 8.94. The normalized spacial score (nSPS) is 13.7. The van der Waals surface area contributed by atoms with E-state index >= 15 is 0 Å². The smallest absolute Gasteiger partial charge is 0.244 e. The average molecular weight is 346 g/mol. The summed E-state index contributed by atoms with van der Waals surface area (Å²) in [5.41, 5.74) is 0.722. The number of carbonyl (C=O) groups is 2. The summed E-state index contributed by atoms with van der Waals surface area (Å²) in [6.45, 7) is 8.88. The lowest BCUT2D eigenvalue weighted by atomic mass is 10.2. The van der Waals surface area contributed by atoms with Gasteiger partial charge in [-0.1, -0.05) is 32.0 Å². The monoisotopic (exact) mass is 346 g/mol. The first kappa shape index (κ1) is 20.7. The molecule has 1 aromatic carbocycles. The molecule has 0 heterocycles. The molecule has 0 unspecified atom stereocenters. The number of hydrogen-bond donors (Lipinski definition) is 3. The average Bonchev–Trinajstić information content (AvgIpc) is 2.82. The molecule has 138 valence electrons. The molecule has 0 aliphatic heterocycles. The van der Waals surface area contributed by atoms with Crippen molar-refractivity contribution < 1.29 is 9.59 Å². The van der Waals surface area contributed by atoms with Crippen LogP contribution in [-0.2, 0) is 9.59 Å². The molecule has 0 aliphatic rings. The van der Waals surface area contributed by atoms with Crippen molar-refractivity contribution >= 4 is 17.5 Å². The van der Waals surface area contributed by atoms with E-state index in [1.54, 1.807) is 13.8 Å². The Morgan fingerprint density at radius 3 is 2.20 bits per heavy atom. The molecule has 2 amide bonds. The molecular formula is C19H30N4O2. The number of nitrogens with zero attached hydrogens (tertiary/aromatic N) is 1. The van der Waals surface area contributed by atoms with Gasteiger partial charge < -0.3 is 16.0 Å². The van der Waals surface area contributed by atoms with Crippen LogP contribution in [0.3, 0.4) is 0 Å². The van der Waals surface area contributed by atoms with Crippen LogP contribution in [0.4, 0.5) is 5.69 Å². The van der Waals surface area contributed by atoms with Crippen LogP contribution in [0, 0.1) is 0 Å². The second kappa shape index (κ2) is 11.2. The summed E-state index contributed by atoms with van der Waals surface area (Å²) in [6.07, 6.45) is 1.78. The van der Waals surface area contributed by atoms with Gasteiger partial charge in [-0.15, -0.1) is 0 Å². The third-order valence-electron chi connectivity index (χ3n) is 3.59. The van der Waals surface area contributed by atoms with E-state index in [1.165, 1.54) is 0 Å². The first-order valence-electron chi connectivity index (χ1n) is 8.94. The third kappa shape index (κ3) is 7.37. The van der Waals surface area contributed by atoms with Crippen LogP contribution in [0.1, 0.15) is 40.5 Å². The van der Waals surface area contributed by atoms with Crippen molar-refractivity contribution in [3.8, 4) is 0 Å². The third-order valence-corrected chi connectivity index (χ3v) is 3.59. The highest BCUT2D eigenvalue weighted by Crippen LogP contribution is 2.02. The Morgan fingerprint density at radius 2 is 1.56 bits per heavy atom. The predicted octanol–water partition coefficient (Wildman–Crippen LogP) is 1.83. The van der Waals surface area contributed by atoms with Crippen molar-refractivity contribution in [1.82, 2.24) is 10.6 Å². The van der Waals surface area contributed by atoms with Gasteiger partial charge in [0.15, 0.2) is 0 Å². The molecule has 0 saturated heterocycles. The highest BCUT2D eigenvalue weighted by Gasteiger charge is 2.13. The Labute approximate surface area is 150 Å².